The zero-order valence-electron chi connectivity index (χ0n) is 12.7. The molecule has 1 aromatic rings. The summed E-state index contributed by atoms with van der Waals surface area (Å²) in [7, 11) is 0. The van der Waals surface area contributed by atoms with E-state index in [1.54, 1.807) is 12.1 Å². The highest BCUT2D eigenvalue weighted by Gasteiger charge is 2.27. The second-order valence-electron chi connectivity index (χ2n) is 5.88. The lowest BCUT2D eigenvalue weighted by atomic mass is 9.87. The first-order valence-corrected chi connectivity index (χ1v) is 7.59. The van der Waals surface area contributed by atoms with E-state index in [9.17, 15) is 9.59 Å². The minimum Gasteiger partial charge on any atom is -0.447 e. The molecule has 1 fully saturated rings. The molecule has 0 heterocycles. The summed E-state index contributed by atoms with van der Waals surface area (Å²) in [6, 6.07) is 9.33. The van der Waals surface area contributed by atoms with Gasteiger partial charge in [0, 0.05) is 18.5 Å². The highest BCUT2D eigenvalue weighted by atomic mass is 16.5. The Morgan fingerprint density at radius 2 is 1.95 bits per heavy atom. The van der Waals surface area contributed by atoms with Crippen LogP contribution >= 0.6 is 0 Å². The Kier molecular flexibility index (Phi) is 5.37. The third-order valence-corrected chi connectivity index (χ3v) is 3.91. The predicted octanol–water partition coefficient (Wildman–Crippen LogP) is 2.99. The molecule has 1 saturated carbocycles. The van der Waals surface area contributed by atoms with E-state index in [2.05, 4.69) is 12.2 Å². The smallest absolute Gasteiger partial charge is 0.303 e. The van der Waals surface area contributed by atoms with Gasteiger partial charge in [0.1, 0.15) is 0 Å². The zero-order valence-corrected chi connectivity index (χ0v) is 12.7. The fraction of sp³-hybridized carbons (Fsp3) is 0.529. The first-order valence-electron chi connectivity index (χ1n) is 7.59. The van der Waals surface area contributed by atoms with E-state index in [0.717, 1.165) is 19.3 Å². The van der Waals surface area contributed by atoms with Gasteiger partial charge in [-0.05, 0) is 18.8 Å². The van der Waals surface area contributed by atoms with Crippen molar-refractivity contribution in [2.75, 3.05) is 0 Å². The van der Waals surface area contributed by atoms with Crippen molar-refractivity contribution in [3.8, 4) is 0 Å². The number of benzene rings is 1. The molecule has 1 amide bonds. The third-order valence-electron chi connectivity index (χ3n) is 3.91. The van der Waals surface area contributed by atoms with E-state index in [1.807, 2.05) is 18.2 Å². The molecule has 2 rings (SSSR count). The Labute approximate surface area is 125 Å². The van der Waals surface area contributed by atoms with Crippen LogP contribution in [0, 0.1) is 5.92 Å². The van der Waals surface area contributed by atoms with Gasteiger partial charge < -0.3 is 10.1 Å². The van der Waals surface area contributed by atoms with Gasteiger partial charge >= 0.3 is 5.97 Å². The first-order chi connectivity index (χ1) is 10.1. The molecule has 1 aromatic carbocycles. The zero-order chi connectivity index (χ0) is 15.2. The molecule has 114 valence electrons. The van der Waals surface area contributed by atoms with Crippen molar-refractivity contribution in [3.63, 3.8) is 0 Å². The molecular formula is C17H23NO3. The van der Waals surface area contributed by atoms with Crippen LogP contribution in [0.25, 0.3) is 0 Å². The van der Waals surface area contributed by atoms with Crippen molar-refractivity contribution in [2.24, 2.45) is 5.92 Å². The number of esters is 1. The van der Waals surface area contributed by atoms with E-state index < -0.39 is 12.1 Å². The van der Waals surface area contributed by atoms with Crippen LogP contribution in [0.5, 0.6) is 0 Å². The number of hydrogen-bond acceptors (Lipinski definition) is 3. The molecule has 0 unspecified atom stereocenters. The molecule has 3 atom stereocenters. The number of ether oxygens (including phenoxy) is 1. The summed E-state index contributed by atoms with van der Waals surface area (Å²) >= 11 is 0. The average Bonchev–Trinajstić information content (AvgIpc) is 2.45. The molecule has 4 heteroatoms. The monoisotopic (exact) mass is 289 g/mol. The summed E-state index contributed by atoms with van der Waals surface area (Å²) in [6.45, 7) is 3.53. The fourth-order valence-electron chi connectivity index (χ4n) is 2.91. The van der Waals surface area contributed by atoms with Crippen LogP contribution < -0.4 is 5.32 Å². The number of carbonyl (C=O) groups excluding carboxylic acids is 2. The van der Waals surface area contributed by atoms with Gasteiger partial charge in [-0.15, -0.1) is 0 Å². The lowest BCUT2D eigenvalue weighted by Gasteiger charge is -2.29. The van der Waals surface area contributed by atoms with E-state index in [-0.39, 0.29) is 11.9 Å². The Balaban J connectivity index is 2.05. The maximum atomic E-state index is 12.5. The second-order valence-corrected chi connectivity index (χ2v) is 5.88. The lowest BCUT2D eigenvalue weighted by Crippen LogP contribution is -2.41. The van der Waals surface area contributed by atoms with Crippen LogP contribution in [-0.4, -0.2) is 17.9 Å². The average molecular weight is 289 g/mol. The van der Waals surface area contributed by atoms with E-state index in [0.29, 0.717) is 11.5 Å². The normalized spacial score (nSPS) is 23.1. The molecule has 0 spiro atoms. The molecule has 4 nitrogen and oxygen atoms in total. The molecule has 21 heavy (non-hydrogen) atoms. The van der Waals surface area contributed by atoms with Gasteiger partial charge in [-0.25, -0.2) is 0 Å². The Bertz CT molecular complexity index is 486. The van der Waals surface area contributed by atoms with Gasteiger partial charge in [-0.2, -0.15) is 0 Å². The van der Waals surface area contributed by atoms with Gasteiger partial charge in [0.05, 0.1) is 0 Å². The van der Waals surface area contributed by atoms with E-state index >= 15 is 0 Å². The Morgan fingerprint density at radius 1 is 1.24 bits per heavy atom. The molecule has 1 aliphatic rings. The highest BCUT2D eigenvalue weighted by Crippen LogP contribution is 2.25. The SMILES string of the molecule is CC(=O)O[C@H](C(=O)N[C@H]1CCC[C@@H](C)C1)c1ccccc1. The van der Waals surface area contributed by atoms with Crippen LogP contribution in [0.4, 0.5) is 0 Å². The van der Waals surface area contributed by atoms with Gasteiger partial charge in [-0.3, -0.25) is 9.59 Å². The summed E-state index contributed by atoms with van der Waals surface area (Å²) in [6.07, 6.45) is 3.49. The predicted molar refractivity (Wildman–Crippen MR) is 80.5 cm³/mol. The first kappa shape index (κ1) is 15.5. The Morgan fingerprint density at radius 3 is 2.57 bits per heavy atom. The number of carbonyl (C=O) groups is 2. The topological polar surface area (TPSA) is 55.4 Å². The van der Waals surface area contributed by atoms with E-state index in [4.69, 9.17) is 4.74 Å². The van der Waals surface area contributed by atoms with Crippen molar-refractivity contribution in [3.05, 3.63) is 35.9 Å². The molecule has 0 aliphatic heterocycles. The number of hydrogen-bond donors (Lipinski definition) is 1. The summed E-state index contributed by atoms with van der Waals surface area (Å²) in [4.78, 5) is 23.7. The summed E-state index contributed by atoms with van der Waals surface area (Å²) < 4.78 is 5.22. The van der Waals surface area contributed by atoms with Crippen molar-refractivity contribution in [2.45, 2.75) is 51.7 Å². The minimum atomic E-state index is -0.860. The number of nitrogens with one attached hydrogen (secondary N) is 1. The standard InChI is InChI=1S/C17H23NO3/c1-12-7-6-10-15(11-12)18-17(20)16(21-13(2)19)14-8-4-3-5-9-14/h3-5,8-9,12,15-16H,6-7,10-11H2,1-2H3,(H,18,20)/t12-,15+,16+/m1/s1. The van der Waals surface area contributed by atoms with Crippen molar-refractivity contribution >= 4 is 11.9 Å². The maximum Gasteiger partial charge on any atom is 0.303 e. The van der Waals surface area contributed by atoms with Crippen LogP contribution in [0.15, 0.2) is 30.3 Å². The summed E-state index contributed by atoms with van der Waals surface area (Å²) in [5.74, 6) is -0.0422. The summed E-state index contributed by atoms with van der Waals surface area (Å²) in [5.41, 5.74) is 0.703. The minimum absolute atomic E-state index is 0.183. The number of amides is 1. The molecule has 0 aromatic heterocycles. The molecule has 1 aliphatic carbocycles. The van der Waals surface area contributed by atoms with E-state index in [1.165, 1.54) is 13.3 Å². The highest BCUT2D eigenvalue weighted by molar-refractivity contribution is 5.84. The quantitative estimate of drug-likeness (QED) is 0.867. The van der Waals surface area contributed by atoms with Crippen LogP contribution in [0.1, 0.15) is 51.2 Å². The van der Waals surface area contributed by atoms with Crippen LogP contribution in [0.3, 0.4) is 0 Å². The van der Waals surface area contributed by atoms with Gasteiger partial charge in [0.2, 0.25) is 6.10 Å². The second kappa shape index (κ2) is 7.25. The molecule has 0 bridgehead atoms. The van der Waals surface area contributed by atoms with Crippen molar-refractivity contribution < 1.29 is 14.3 Å². The molecule has 0 saturated heterocycles. The molecule has 1 N–H and O–H groups in total. The summed E-state index contributed by atoms with van der Waals surface area (Å²) in [5, 5.41) is 3.04. The van der Waals surface area contributed by atoms with Crippen molar-refractivity contribution in [1.82, 2.24) is 5.32 Å². The number of rotatable bonds is 4. The lowest BCUT2D eigenvalue weighted by molar-refractivity contribution is -0.154. The van der Waals surface area contributed by atoms with Gasteiger partial charge in [-0.1, -0.05) is 50.1 Å². The van der Waals surface area contributed by atoms with Crippen LogP contribution in [-0.2, 0) is 14.3 Å². The molecular weight excluding hydrogens is 266 g/mol. The maximum absolute atomic E-state index is 12.5. The largest absolute Gasteiger partial charge is 0.447 e. The fourth-order valence-corrected chi connectivity index (χ4v) is 2.91. The van der Waals surface area contributed by atoms with Gasteiger partial charge in [0.25, 0.3) is 5.91 Å². The van der Waals surface area contributed by atoms with Crippen LogP contribution in [0.2, 0.25) is 0 Å². The van der Waals surface area contributed by atoms with Gasteiger partial charge in [0.15, 0.2) is 0 Å². The Hall–Kier alpha value is -1.84. The van der Waals surface area contributed by atoms with Crippen molar-refractivity contribution in [1.29, 1.82) is 0 Å². The molecule has 0 radical (unpaired) electrons. The third kappa shape index (κ3) is 4.59.